The van der Waals surface area contributed by atoms with E-state index >= 15 is 0 Å². The van der Waals surface area contributed by atoms with Gasteiger partial charge in [0.2, 0.25) is 5.91 Å². The number of rotatable bonds is 4. The minimum atomic E-state index is 0.0603. The van der Waals surface area contributed by atoms with Gasteiger partial charge in [0.05, 0.1) is 0 Å². The van der Waals surface area contributed by atoms with Crippen LogP contribution < -0.4 is 5.32 Å². The fraction of sp³-hybridized carbons (Fsp3) is 0.400. The van der Waals surface area contributed by atoms with Gasteiger partial charge in [0.25, 0.3) is 0 Å². The van der Waals surface area contributed by atoms with E-state index in [4.69, 9.17) is 0 Å². The molecule has 0 saturated heterocycles. The van der Waals surface area contributed by atoms with Crippen LogP contribution in [0.2, 0.25) is 0 Å². The van der Waals surface area contributed by atoms with Crippen molar-refractivity contribution in [1.29, 1.82) is 0 Å². The van der Waals surface area contributed by atoms with Crippen LogP contribution in [0.1, 0.15) is 17.5 Å². The van der Waals surface area contributed by atoms with Crippen molar-refractivity contribution in [3.05, 3.63) is 29.6 Å². The highest BCUT2D eigenvalue weighted by Gasteiger charge is 2.01. The van der Waals surface area contributed by atoms with E-state index in [9.17, 15) is 4.79 Å². The van der Waals surface area contributed by atoms with Gasteiger partial charge in [-0.2, -0.15) is 0 Å². The molecule has 0 saturated carbocycles. The van der Waals surface area contributed by atoms with Gasteiger partial charge in [0, 0.05) is 30.7 Å². The molecular weight excluding hydrogens is 244 g/mol. The molecule has 3 nitrogen and oxygen atoms in total. The fourth-order valence-corrected chi connectivity index (χ4v) is 1.41. The smallest absolute Gasteiger partial charge is 0.221 e. The van der Waals surface area contributed by atoms with Crippen molar-refractivity contribution in [3.63, 3.8) is 0 Å². The average molecular weight is 257 g/mol. The number of alkyl halides is 1. The third-order valence-electron chi connectivity index (χ3n) is 1.95. The third kappa shape index (κ3) is 3.46. The van der Waals surface area contributed by atoms with Crippen LogP contribution in [0.5, 0.6) is 0 Å². The van der Waals surface area contributed by atoms with Gasteiger partial charge in [-0.1, -0.05) is 15.9 Å². The lowest BCUT2D eigenvalue weighted by atomic mass is 10.1. The van der Waals surface area contributed by atoms with Crippen LogP contribution in [0, 0.1) is 6.92 Å². The molecule has 1 aromatic rings. The molecule has 1 N–H and O–H groups in total. The van der Waals surface area contributed by atoms with Crippen LogP contribution in [0.4, 0.5) is 0 Å². The highest BCUT2D eigenvalue weighted by molar-refractivity contribution is 9.09. The molecule has 0 aliphatic carbocycles. The first-order valence-electron chi connectivity index (χ1n) is 4.46. The van der Waals surface area contributed by atoms with Gasteiger partial charge >= 0.3 is 0 Å². The van der Waals surface area contributed by atoms with E-state index in [2.05, 4.69) is 26.2 Å². The number of aromatic nitrogens is 1. The van der Waals surface area contributed by atoms with Crippen molar-refractivity contribution >= 4 is 21.8 Å². The molecule has 76 valence electrons. The summed E-state index contributed by atoms with van der Waals surface area (Å²) in [6.45, 7) is 2.57. The van der Waals surface area contributed by atoms with Gasteiger partial charge in [-0.3, -0.25) is 9.78 Å². The topological polar surface area (TPSA) is 42.0 Å². The molecule has 0 bridgehead atoms. The minimum absolute atomic E-state index is 0.0603. The minimum Gasteiger partial charge on any atom is -0.352 e. The molecule has 1 aromatic heterocycles. The van der Waals surface area contributed by atoms with E-state index in [1.165, 1.54) is 0 Å². The molecule has 0 atom stereocenters. The van der Waals surface area contributed by atoms with Gasteiger partial charge in [-0.15, -0.1) is 0 Å². The number of hydrogen-bond donors (Lipinski definition) is 1. The molecule has 0 aromatic carbocycles. The van der Waals surface area contributed by atoms with Crippen LogP contribution in [0.15, 0.2) is 18.5 Å². The maximum absolute atomic E-state index is 11.2. The van der Waals surface area contributed by atoms with E-state index in [-0.39, 0.29) is 5.91 Å². The molecule has 1 rings (SSSR count). The quantitative estimate of drug-likeness (QED) is 0.835. The number of aryl methyl sites for hydroxylation is 1. The number of pyridine rings is 1. The van der Waals surface area contributed by atoms with Crippen molar-refractivity contribution in [2.24, 2.45) is 0 Å². The van der Waals surface area contributed by atoms with Crippen molar-refractivity contribution in [3.8, 4) is 0 Å². The lowest BCUT2D eigenvalue weighted by Crippen LogP contribution is -2.23. The summed E-state index contributed by atoms with van der Waals surface area (Å²) in [6, 6.07) is 1.94. The molecule has 0 aliphatic rings. The van der Waals surface area contributed by atoms with Gasteiger partial charge < -0.3 is 5.32 Å². The summed E-state index contributed by atoms with van der Waals surface area (Å²) < 4.78 is 0. The van der Waals surface area contributed by atoms with Gasteiger partial charge in [0.1, 0.15) is 0 Å². The summed E-state index contributed by atoms with van der Waals surface area (Å²) >= 11 is 3.22. The molecule has 0 unspecified atom stereocenters. The Morgan fingerprint density at radius 3 is 3.07 bits per heavy atom. The largest absolute Gasteiger partial charge is 0.352 e. The number of hydrogen-bond acceptors (Lipinski definition) is 2. The maximum Gasteiger partial charge on any atom is 0.221 e. The molecule has 0 spiro atoms. The van der Waals surface area contributed by atoms with E-state index in [0.717, 1.165) is 11.1 Å². The van der Waals surface area contributed by atoms with Crippen molar-refractivity contribution in [1.82, 2.24) is 10.3 Å². The maximum atomic E-state index is 11.2. The zero-order valence-corrected chi connectivity index (χ0v) is 9.67. The second-order valence-electron chi connectivity index (χ2n) is 3.02. The number of halogens is 1. The zero-order valence-electron chi connectivity index (χ0n) is 8.09. The highest BCUT2D eigenvalue weighted by Crippen LogP contribution is 2.03. The summed E-state index contributed by atoms with van der Waals surface area (Å²) in [5.41, 5.74) is 2.22. The lowest BCUT2D eigenvalue weighted by molar-refractivity contribution is -0.120. The number of carbonyl (C=O) groups excluding carboxylic acids is 1. The van der Waals surface area contributed by atoms with Gasteiger partial charge in [-0.05, 0) is 24.1 Å². The van der Waals surface area contributed by atoms with E-state index in [0.29, 0.717) is 18.3 Å². The van der Waals surface area contributed by atoms with Crippen LogP contribution in [-0.4, -0.2) is 16.2 Å². The van der Waals surface area contributed by atoms with E-state index in [1.807, 2.05) is 13.0 Å². The highest BCUT2D eigenvalue weighted by atomic mass is 79.9. The Bertz CT molecular complexity index is 315. The number of nitrogens with one attached hydrogen (secondary N) is 1. The first-order valence-corrected chi connectivity index (χ1v) is 5.58. The normalized spacial score (nSPS) is 9.86. The second kappa shape index (κ2) is 5.75. The first kappa shape index (κ1) is 11.2. The molecule has 0 radical (unpaired) electrons. The Kier molecular flexibility index (Phi) is 4.59. The molecule has 4 heteroatoms. The molecule has 0 aliphatic heterocycles. The zero-order chi connectivity index (χ0) is 10.4. The monoisotopic (exact) mass is 256 g/mol. The van der Waals surface area contributed by atoms with E-state index in [1.54, 1.807) is 12.4 Å². The van der Waals surface area contributed by atoms with Crippen LogP contribution >= 0.6 is 15.9 Å². The molecule has 14 heavy (non-hydrogen) atoms. The Balaban J connectivity index is 2.46. The predicted octanol–water partition coefficient (Wildman–Crippen LogP) is 1.79. The fourth-order valence-electron chi connectivity index (χ4n) is 1.05. The average Bonchev–Trinajstić information content (AvgIpc) is 2.17. The van der Waals surface area contributed by atoms with Crippen molar-refractivity contribution < 1.29 is 4.79 Å². The molecule has 1 amide bonds. The molecule has 0 fully saturated rings. The SMILES string of the molecule is Cc1ccncc1CNC(=O)CCBr. The Morgan fingerprint density at radius 2 is 2.43 bits per heavy atom. The van der Waals surface area contributed by atoms with Crippen LogP contribution in [0.3, 0.4) is 0 Å². The van der Waals surface area contributed by atoms with Crippen LogP contribution in [-0.2, 0) is 11.3 Å². The summed E-state index contributed by atoms with van der Waals surface area (Å²) in [7, 11) is 0. The summed E-state index contributed by atoms with van der Waals surface area (Å²) in [5.74, 6) is 0.0603. The second-order valence-corrected chi connectivity index (χ2v) is 3.81. The van der Waals surface area contributed by atoms with Gasteiger partial charge in [0.15, 0.2) is 0 Å². The molecular formula is C10H13BrN2O. The van der Waals surface area contributed by atoms with Crippen molar-refractivity contribution in [2.75, 3.05) is 5.33 Å². The Labute approximate surface area is 92.1 Å². The van der Waals surface area contributed by atoms with E-state index < -0.39 is 0 Å². The third-order valence-corrected chi connectivity index (χ3v) is 2.34. The number of nitrogens with zero attached hydrogens (tertiary/aromatic N) is 1. The summed E-state index contributed by atoms with van der Waals surface area (Å²) in [4.78, 5) is 15.2. The lowest BCUT2D eigenvalue weighted by Gasteiger charge is -2.06. The standard InChI is InChI=1S/C10H13BrN2O/c1-8-3-5-12-6-9(8)7-13-10(14)2-4-11/h3,5-6H,2,4,7H2,1H3,(H,13,14). The summed E-state index contributed by atoms with van der Waals surface area (Å²) in [5, 5.41) is 3.53. The number of amides is 1. The van der Waals surface area contributed by atoms with Crippen molar-refractivity contribution in [2.45, 2.75) is 19.9 Å². The summed E-state index contributed by atoms with van der Waals surface area (Å²) in [6.07, 6.45) is 4.04. The van der Waals surface area contributed by atoms with Gasteiger partial charge in [-0.25, -0.2) is 0 Å². The number of carbonyl (C=O) groups is 1. The first-order chi connectivity index (χ1) is 6.74. The Hall–Kier alpha value is -0.900. The molecule has 1 heterocycles. The predicted molar refractivity (Wildman–Crippen MR) is 59.2 cm³/mol. The Morgan fingerprint density at radius 1 is 1.64 bits per heavy atom. The van der Waals surface area contributed by atoms with Crippen LogP contribution in [0.25, 0.3) is 0 Å².